The molecule has 0 spiro atoms. The SMILES string of the molecule is CCc1cccnc1NC(=O)c1cnn(C(C)(C)C)c1. The summed E-state index contributed by atoms with van der Waals surface area (Å²) >= 11 is 0. The summed E-state index contributed by atoms with van der Waals surface area (Å²) in [7, 11) is 0. The number of aromatic nitrogens is 3. The van der Waals surface area contributed by atoms with Crippen molar-refractivity contribution in [2.75, 3.05) is 5.32 Å². The second-order valence-corrected chi connectivity index (χ2v) is 5.66. The van der Waals surface area contributed by atoms with E-state index in [1.54, 1.807) is 23.3 Å². The molecule has 0 aromatic carbocycles. The van der Waals surface area contributed by atoms with Crippen LogP contribution in [0.5, 0.6) is 0 Å². The van der Waals surface area contributed by atoms with E-state index >= 15 is 0 Å². The van der Waals surface area contributed by atoms with Crippen molar-refractivity contribution in [3.05, 3.63) is 41.9 Å². The zero-order valence-corrected chi connectivity index (χ0v) is 12.3. The molecule has 0 saturated carbocycles. The lowest BCUT2D eigenvalue weighted by molar-refractivity contribution is 0.102. The van der Waals surface area contributed by atoms with Gasteiger partial charge in [-0.1, -0.05) is 13.0 Å². The normalized spacial score (nSPS) is 11.4. The molecule has 0 aliphatic heterocycles. The van der Waals surface area contributed by atoms with E-state index in [1.165, 1.54) is 0 Å². The Hall–Kier alpha value is -2.17. The molecule has 5 heteroatoms. The largest absolute Gasteiger partial charge is 0.306 e. The summed E-state index contributed by atoms with van der Waals surface area (Å²) in [5.41, 5.74) is 1.41. The van der Waals surface area contributed by atoms with Gasteiger partial charge < -0.3 is 5.32 Å². The van der Waals surface area contributed by atoms with Crippen LogP contribution >= 0.6 is 0 Å². The molecule has 106 valence electrons. The van der Waals surface area contributed by atoms with Gasteiger partial charge in [-0.05, 0) is 38.8 Å². The zero-order chi connectivity index (χ0) is 14.8. The number of carbonyl (C=O) groups excluding carboxylic acids is 1. The Kier molecular flexibility index (Phi) is 3.88. The first-order valence-electron chi connectivity index (χ1n) is 6.72. The van der Waals surface area contributed by atoms with Gasteiger partial charge in [-0.2, -0.15) is 5.10 Å². The van der Waals surface area contributed by atoms with Gasteiger partial charge in [0.05, 0.1) is 17.3 Å². The minimum atomic E-state index is -0.186. The van der Waals surface area contributed by atoms with Gasteiger partial charge in [0.2, 0.25) is 0 Å². The lowest BCUT2D eigenvalue weighted by Crippen LogP contribution is -2.22. The second kappa shape index (κ2) is 5.45. The molecule has 0 radical (unpaired) electrons. The fourth-order valence-corrected chi connectivity index (χ4v) is 1.82. The first-order chi connectivity index (χ1) is 9.41. The molecular weight excluding hydrogens is 252 g/mol. The molecule has 0 aliphatic rings. The molecule has 1 N–H and O–H groups in total. The van der Waals surface area contributed by atoms with Crippen molar-refractivity contribution in [3.63, 3.8) is 0 Å². The second-order valence-electron chi connectivity index (χ2n) is 5.66. The van der Waals surface area contributed by atoms with Gasteiger partial charge in [-0.15, -0.1) is 0 Å². The average Bonchev–Trinajstić information content (AvgIpc) is 2.89. The third-order valence-electron chi connectivity index (χ3n) is 3.04. The van der Waals surface area contributed by atoms with Crippen molar-refractivity contribution in [2.45, 2.75) is 39.7 Å². The van der Waals surface area contributed by atoms with Gasteiger partial charge in [0.25, 0.3) is 5.91 Å². The summed E-state index contributed by atoms with van der Waals surface area (Å²) in [4.78, 5) is 16.4. The van der Waals surface area contributed by atoms with Crippen LogP contribution in [0.15, 0.2) is 30.7 Å². The summed E-state index contributed by atoms with van der Waals surface area (Å²) in [6.45, 7) is 8.14. The fraction of sp³-hybridized carbons (Fsp3) is 0.400. The maximum absolute atomic E-state index is 12.2. The molecule has 0 atom stereocenters. The Morgan fingerprint density at radius 1 is 1.40 bits per heavy atom. The fourth-order valence-electron chi connectivity index (χ4n) is 1.82. The van der Waals surface area contributed by atoms with Gasteiger partial charge in [0.1, 0.15) is 5.82 Å². The Bertz CT molecular complexity index is 610. The lowest BCUT2D eigenvalue weighted by Gasteiger charge is -2.18. The van der Waals surface area contributed by atoms with Gasteiger partial charge in [-0.25, -0.2) is 4.98 Å². The number of nitrogens with zero attached hydrogens (tertiary/aromatic N) is 3. The quantitative estimate of drug-likeness (QED) is 0.934. The molecule has 2 rings (SSSR count). The van der Waals surface area contributed by atoms with E-state index in [0.717, 1.165) is 12.0 Å². The van der Waals surface area contributed by atoms with Crippen LogP contribution in [0.25, 0.3) is 0 Å². The number of nitrogens with one attached hydrogen (secondary N) is 1. The predicted molar refractivity (Wildman–Crippen MR) is 78.8 cm³/mol. The summed E-state index contributed by atoms with van der Waals surface area (Å²) in [5, 5.41) is 7.07. The monoisotopic (exact) mass is 272 g/mol. The van der Waals surface area contributed by atoms with E-state index in [4.69, 9.17) is 0 Å². The van der Waals surface area contributed by atoms with Crippen LogP contribution in [0.1, 0.15) is 43.6 Å². The number of rotatable bonds is 3. The third-order valence-corrected chi connectivity index (χ3v) is 3.04. The van der Waals surface area contributed by atoms with Gasteiger partial charge in [0.15, 0.2) is 0 Å². The number of anilines is 1. The highest BCUT2D eigenvalue weighted by Crippen LogP contribution is 2.16. The van der Waals surface area contributed by atoms with Crippen molar-refractivity contribution in [1.29, 1.82) is 0 Å². The van der Waals surface area contributed by atoms with E-state index < -0.39 is 0 Å². The maximum Gasteiger partial charge on any atom is 0.260 e. The molecule has 1 amide bonds. The highest BCUT2D eigenvalue weighted by molar-refractivity contribution is 6.03. The minimum absolute atomic E-state index is 0.141. The van der Waals surface area contributed by atoms with Crippen molar-refractivity contribution in [1.82, 2.24) is 14.8 Å². The molecular formula is C15H20N4O. The van der Waals surface area contributed by atoms with Crippen molar-refractivity contribution < 1.29 is 4.79 Å². The molecule has 0 saturated heterocycles. The molecule has 0 fully saturated rings. The summed E-state index contributed by atoms with van der Waals surface area (Å²) in [6, 6.07) is 3.83. The van der Waals surface area contributed by atoms with Crippen molar-refractivity contribution in [3.8, 4) is 0 Å². The van der Waals surface area contributed by atoms with Crippen LogP contribution in [0.4, 0.5) is 5.82 Å². The Labute approximate surface area is 119 Å². The number of pyridine rings is 1. The number of hydrogen-bond acceptors (Lipinski definition) is 3. The van der Waals surface area contributed by atoms with Crippen LogP contribution in [0, 0.1) is 0 Å². The van der Waals surface area contributed by atoms with Crippen molar-refractivity contribution in [2.24, 2.45) is 0 Å². The molecule has 5 nitrogen and oxygen atoms in total. The van der Waals surface area contributed by atoms with Crippen molar-refractivity contribution >= 4 is 11.7 Å². The van der Waals surface area contributed by atoms with Gasteiger partial charge >= 0.3 is 0 Å². The summed E-state index contributed by atoms with van der Waals surface area (Å²) < 4.78 is 1.78. The van der Waals surface area contributed by atoms with Gasteiger partial charge in [-0.3, -0.25) is 9.48 Å². The standard InChI is InChI=1S/C15H20N4O/c1-5-11-7-6-8-16-13(11)18-14(20)12-9-17-19(10-12)15(2,3)4/h6-10H,5H2,1-4H3,(H,16,18,20). The van der Waals surface area contributed by atoms with Crippen LogP contribution in [0.2, 0.25) is 0 Å². The van der Waals surface area contributed by atoms with E-state index in [2.05, 4.69) is 15.4 Å². The van der Waals surface area contributed by atoms with E-state index in [-0.39, 0.29) is 11.4 Å². The third kappa shape index (κ3) is 3.04. The first kappa shape index (κ1) is 14.2. The Balaban J connectivity index is 2.18. The number of amides is 1. The van der Waals surface area contributed by atoms with E-state index in [9.17, 15) is 4.79 Å². The molecule has 20 heavy (non-hydrogen) atoms. The maximum atomic E-state index is 12.2. The summed E-state index contributed by atoms with van der Waals surface area (Å²) in [6.07, 6.45) is 5.83. The highest BCUT2D eigenvalue weighted by Gasteiger charge is 2.17. The lowest BCUT2D eigenvalue weighted by atomic mass is 10.1. The predicted octanol–water partition coefficient (Wildman–Crippen LogP) is 2.85. The van der Waals surface area contributed by atoms with E-state index in [1.807, 2.05) is 39.8 Å². The Morgan fingerprint density at radius 2 is 2.15 bits per heavy atom. The number of aryl methyl sites for hydroxylation is 1. The van der Waals surface area contributed by atoms with Crippen LogP contribution in [0.3, 0.4) is 0 Å². The molecule has 2 heterocycles. The van der Waals surface area contributed by atoms with Crippen LogP contribution < -0.4 is 5.32 Å². The number of carbonyl (C=O) groups is 1. The summed E-state index contributed by atoms with van der Waals surface area (Å²) in [5.74, 6) is 0.428. The molecule has 0 aliphatic carbocycles. The smallest absolute Gasteiger partial charge is 0.260 e. The topological polar surface area (TPSA) is 59.8 Å². The van der Waals surface area contributed by atoms with Crippen LogP contribution in [-0.4, -0.2) is 20.7 Å². The molecule has 2 aromatic heterocycles. The number of hydrogen-bond donors (Lipinski definition) is 1. The average molecular weight is 272 g/mol. The molecule has 2 aromatic rings. The molecule has 0 unspecified atom stereocenters. The highest BCUT2D eigenvalue weighted by atomic mass is 16.1. The zero-order valence-electron chi connectivity index (χ0n) is 12.3. The minimum Gasteiger partial charge on any atom is -0.306 e. The Morgan fingerprint density at radius 3 is 2.75 bits per heavy atom. The van der Waals surface area contributed by atoms with E-state index in [0.29, 0.717) is 11.4 Å². The van der Waals surface area contributed by atoms with Gasteiger partial charge in [0, 0.05) is 12.4 Å². The first-order valence-corrected chi connectivity index (χ1v) is 6.72. The molecule has 0 bridgehead atoms. The van der Waals surface area contributed by atoms with Crippen LogP contribution in [-0.2, 0) is 12.0 Å².